The van der Waals surface area contributed by atoms with Gasteiger partial charge in [-0.2, -0.15) is 13.2 Å². The van der Waals surface area contributed by atoms with Crippen LogP contribution >= 0.6 is 0 Å². The van der Waals surface area contributed by atoms with Crippen molar-refractivity contribution in [3.63, 3.8) is 0 Å². The van der Waals surface area contributed by atoms with Gasteiger partial charge in [0.25, 0.3) is 15.9 Å². The number of sulfonamides is 1. The number of carbonyl (C=O) groups excluding carboxylic acids is 1. The highest BCUT2D eigenvalue weighted by atomic mass is 32.2. The number of nitrogens with zero attached hydrogens (tertiary/aromatic N) is 1. The van der Waals surface area contributed by atoms with E-state index in [0.717, 1.165) is 28.6 Å². The molecule has 0 fully saturated rings. The largest absolute Gasteiger partial charge is 0.482 e. The number of amides is 1. The highest BCUT2D eigenvalue weighted by Crippen LogP contribution is 2.32. The summed E-state index contributed by atoms with van der Waals surface area (Å²) in [5.41, 5.74) is -0.362. The highest BCUT2D eigenvalue weighted by Gasteiger charge is 2.30. The van der Waals surface area contributed by atoms with Gasteiger partial charge in [0.05, 0.1) is 21.8 Å². The summed E-state index contributed by atoms with van der Waals surface area (Å²) in [5, 5.41) is 2.26. The lowest BCUT2D eigenvalue weighted by molar-refractivity contribution is -0.153. The molecule has 0 radical (unpaired) electrons. The van der Waals surface area contributed by atoms with Crippen LogP contribution in [0, 0.1) is 5.82 Å². The van der Waals surface area contributed by atoms with Crippen molar-refractivity contribution in [3.8, 4) is 5.75 Å². The maximum absolute atomic E-state index is 14.0. The van der Waals surface area contributed by atoms with Gasteiger partial charge in [0.1, 0.15) is 11.6 Å². The van der Waals surface area contributed by atoms with Crippen LogP contribution in [0.25, 0.3) is 0 Å². The van der Waals surface area contributed by atoms with Crippen LogP contribution < -0.4 is 14.4 Å². The molecule has 0 saturated carbocycles. The molecule has 0 aliphatic heterocycles. The van der Waals surface area contributed by atoms with Crippen molar-refractivity contribution in [1.82, 2.24) is 0 Å². The number of nitrogens with one attached hydrogen (secondary N) is 1. The fraction of sp³-hybridized carbons (Fsp3) is 0.174. The number of hydrogen-bond donors (Lipinski definition) is 1. The fourth-order valence-electron chi connectivity index (χ4n) is 3.10. The van der Waals surface area contributed by atoms with E-state index in [9.17, 15) is 30.8 Å². The van der Waals surface area contributed by atoms with Crippen molar-refractivity contribution < 1.29 is 35.5 Å². The van der Waals surface area contributed by atoms with Gasteiger partial charge in [-0.25, -0.2) is 12.8 Å². The third-order valence-corrected chi connectivity index (χ3v) is 6.53. The van der Waals surface area contributed by atoms with Crippen LogP contribution in [0.15, 0.2) is 77.7 Å². The first-order chi connectivity index (χ1) is 16.0. The summed E-state index contributed by atoms with van der Waals surface area (Å²) >= 11 is 0. The average Bonchev–Trinajstić information content (AvgIpc) is 2.79. The molecule has 11 heteroatoms. The van der Waals surface area contributed by atoms with Gasteiger partial charge < -0.3 is 10.1 Å². The molecule has 3 aromatic rings. The van der Waals surface area contributed by atoms with Gasteiger partial charge in [0.2, 0.25) is 0 Å². The minimum atomic E-state index is -4.68. The summed E-state index contributed by atoms with van der Waals surface area (Å²) in [6, 6.07) is 16.2. The number of halogens is 4. The van der Waals surface area contributed by atoms with Gasteiger partial charge in [-0.1, -0.05) is 30.3 Å². The van der Waals surface area contributed by atoms with Crippen LogP contribution in [0.3, 0.4) is 0 Å². The number of carbonyl (C=O) groups is 1. The molecule has 0 heterocycles. The Labute approximate surface area is 193 Å². The van der Waals surface area contributed by atoms with Crippen molar-refractivity contribution >= 4 is 27.3 Å². The smallest absolute Gasteiger partial charge is 0.422 e. The molecular formula is C23H20F4N2O4S. The normalized spacial score (nSPS) is 11.7. The molecule has 0 bridgehead atoms. The first-order valence-electron chi connectivity index (χ1n) is 10.00. The quantitative estimate of drug-likeness (QED) is 0.433. The lowest BCUT2D eigenvalue weighted by Gasteiger charge is -2.23. The second kappa shape index (κ2) is 10.1. The third kappa shape index (κ3) is 5.84. The molecule has 1 amide bonds. The molecule has 1 N–H and O–H groups in total. The van der Waals surface area contributed by atoms with Crippen LogP contribution in [0.4, 0.5) is 28.9 Å². The van der Waals surface area contributed by atoms with Crippen LogP contribution in [0.1, 0.15) is 17.3 Å². The molecule has 0 unspecified atom stereocenters. The Kier molecular flexibility index (Phi) is 7.45. The number of benzene rings is 3. The van der Waals surface area contributed by atoms with Gasteiger partial charge in [0.15, 0.2) is 6.61 Å². The minimum Gasteiger partial charge on any atom is -0.482 e. The summed E-state index contributed by atoms with van der Waals surface area (Å²) in [4.78, 5) is 12.3. The average molecular weight is 496 g/mol. The number of para-hydroxylation sites is 1. The summed E-state index contributed by atoms with van der Waals surface area (Å²) in [5.74, 6) is -2.27. The predicted octanol–water partition coefficient (Wildman–Crippen LogP) is 5.23. The summed E-state index contributed by atoms with van der Waals surface area (Å²) in [6.07, 6.45) is -4.68. The Morgan fingerprint density at radius 3 is 2.26 bits per heavy atom. The van der Waals surface area contributed by atoms with E-state index in [1.54, 1.807) is 37.3 Å². The Hall–Kier alpha value is -3.60. The van der Waals surface area contributed by atoms with Gasteiger partial charge in [-0.05, 0) is 49.4 Å². The zero-order chi connectivity index (χ0) is 24.9. The van der Waals surface area contributed by atoms with E-state index < -0.39 is 40.3 Å². The number of ether oxygens (including phenoxy) is 1. The van der Waals surface area contributed by atoms with E-state index in [1.807, 2.05) is 0 Å². The SMILES string of the molecule is CCN(c1ccccc1)S(=O)(=O)c1ccc(OCC(F)(F)F)c(NC(=O)c2ccccc2F)c1. The summed E-state index contributed by atoms with van der Waals surface area (Å²) in [7, 11) is -4.17. The lowest BCUT2D eigenvalue weighted by atomic mass is 10.2. The van der Waals surface area contributed by atoms with Crippen molar-refractivity contribution in [2.45, 2.75) is 18.0 Å². The predicted molar refractivity (Wildman–Crippen MR) is 119 cm³/mol. The molecule has 0 saturated heterocycles. The van der Waals surface area contributed by atoms with Gasteiger partial charge in [0, 0.05) is 6.54 Å². The maximum atomic E-state index is 14.0. The Morgan fingerprint density at radius 1 is 1.00 bits per heavy atom. The number of anilines is 2. The number of rotatable bonds is 8. The van der Waals surface area contributed by atoms with Gasteiger partial charge >= 0.3 is 6.18 Å². The zero-order valence-corrected chi connectivity index (χ0v) is 18.7. The standard InChI is InChI=1S/C23H20F4N2O4S/c1-2-29(16-8-4-3-5-9-16)34(31,32)17-12-13-21(33-15-23(25,26)27)20(14-17)28-22(30)18-10-6-7-11-19(18)24/h3-14H,2,15H2,1H3,(H,28,30). The van der Waals surface area contributed by atoms with Crippen molar-refractivity contribution in [3.05, 3.63) is 84.2 Å². The van der Waals surface area contributed by atoms with E-state index >= 15 is 0 Å². The van der Waals surface area contributed by atoms with E-state index in [0.29, 0.717) is 5.69 Å². The molecule has 34 heavy (non-hydrogen) atoms. The molecule has 0 spiro atoms. The van der Waals surface area contributed by atoms with Crippen LogP contribution in [0.2, 0.25) is 0 Å². The third-order valence-electron chi connectivity index (χ3n) is 4.63. The second-order valence-electron chi connectivity index (χ2n) is 7.00. The molecule has 0 aliphatic carbocycles. The van der Waals surface area contributed by atoms with E-state index in [4.69, 9.17) is 4.74 Å². The van der Waals surface area contributed by atoms with E-state index in [-0.39, 0.29) is 22.7 Å². The first kappa shape index (κ1) is 25.0. The van der Waals surface area contributed by atoms with Crippen molar-refractivity contribution in [2.75, 3.05) is 22.8 Å². The Balaban J connectivity index is 2.03. The van der Waals surface area contributed by atoms with Crippen molar-refractivity contribution in [2.24, 2.45) is 0 Å². The number of alkyl halides is 3. The molecule has 3 aromatic carbocycles. The first-order valence-corrected chi connectivity index (χ1v) is 11.4. The van der Waals surface area contributed by atoms with E-state index in [1.165, 1.54) is 18.2 Å². The van der Waals surface area contributed by atoms with Crippen LogP contribution in [-0.2, 0) is 10.0 Å². The summed E-state index contributed by atoms with van der Waals surface area (Å²) in [6.45, 7) is 0.00852. The minimum absolute atomic E-state index is 0.0651. The van der Waals surface area contributed by atoms with Gasteiger partial charge in [-0.15, -0.1) is 0 Å². The number of hydrogen-bond acceptors (Lipinski definition) is 4. The molecular weight excluding hydrogens is 476 g/mol. The maximum Gasteiger partial charge on any atom is 0.422 e. The zero-order valence-electron chi connectivity index (χ0n) is 17.8. The summed E-state index contributed by atoms with van der Waals surface area (Å²) < 4.78 is 84.5. The molecule has 0 atom stereocenters. The molecule has 0 aromatic heterocycles. The second-order valence-corrected chi connectivity index (χ2v) is 8.86. The van der Waals surface area contributed by atoms with Crippen molar-refractivity contribution in [1.29, 1.82) is 0 Å². The lowest BCUT2D eigenvalue weighted by Crippen LogP contribution is -2.30. The van der Waals surface area contributed by atoms with E-state index in [2.05, 4.69) is 5.32 Å². The molecule has 6 nitrogen and oxygen atoms in total. The van der Waals surface area contributed by atoms with Gasteiger partial charge in [-0.3, -0.25) is 9.10 Å². The fourth-order valence-corrected chi connectivity index (χ4v) is 4.60. The molecule has 0 aliphatic rings. The Morgan fingerprint density at radius 2 is 1.65 bits per heavy atom. The van der Waals surface area contributed by atoms with Crippen LogP contribution in [-0.4, -0.2) is 33.7 Å². The topological polar surface area (TPSA) is 75.7 Å². The van der Waals surface area contributed by atoms with Crippen LogP contribution in [0.5, 0.6) is 5.75 Å². The monoisotopic (exact) mass is 496 g/mol. The Bertz CT molecular complexity index is 1270. The molecule has 3 rings (SSSR count). The molecule has 180 valence electrons. The highest BCUT2D eigenvalue weighted by molar-refractivity contribution is 7.92.